The maximum atomic E-state index is 14.2. The first-order valence-corrected chi connectivity index (χ1v) is 7.96. The van der Waals surface area contributed by atoms with Crippen LogP contribution in [0, 0.1) is 5.82 Å². The van der Waals surface area contributed by atoms with Gasteiger partial charge in [0.15, 0.2) is 0 Å². The van der Waals surface area contributed by atoms with Gasteiger partial charge in [0.05, 0.1) is 11.2 Å². The molecule has 0 unspecified atom stereocenters. The predicted molar refractivity (Wildman–Crippen MR) is 87.2 cm³/mol. The Bertz CT molecular complexity index is 792. The summed E-state index contributed by atoms with van der Waals surface area (Å²) < 4.78 is 14.2. The maximum absolute atomic E-state index is 14.2. The van der Waals surface area contributed by atoms with Crippen molar-refractivity contribution in [2.45, 2.75) is 13.3 Å². The number of nitrogens with one attached hydrogen (secondary N) is 1. The first-order chi connectivity index (χ1) is 10.7. The first-order valence-electron chi connectivity index (χ1n) is 6.64. The molecule has 1 aromatic carbocycles. The zero-order chi connectivity index (χ0) is 15.5. The van der Waals surface area contributed by atoms with E-state index >= 15 is 0 Å². The van der Waals surface area contributed by atoms with Crippen molar-refractivity contribution in [3.8, 4) is 11.3 Å². The molecule has 112 valence electrons. The molecule has 0 amide bonds. The zero-order valence-electron chi connectivity index (χ0n) is 11.7. The lowest BCUT2D eigenvalue weighted by Crippen LogP contribution is -2.01. The number of halogens is 2. The second-order valence-corrected chi connectivity index (χ2v) is 5.62. The minimum atomic E-state index is -0.339. The smallest absolute Gasteiger partial charge is 0.224 e. The van der Waals surface area contributed by atoms with Crippen molar-refractivity contribution in [3.63, 3.8) is 0 Å². The molecule has 0 spiro atoms. The molecule has 0 aliphatic carbocycles. The number of thiazole rings is 1. The molecular weight excluding hydrogens is 323 g/mol. The van der Waals surface area contributed by atoms with E-state index in [9.17, 15) is 4.39 Å². The number of nitrogens with zero attached hydrogens (tertiary/aromatic N) is 3. The molecule has 0 radical (unpaired) electrons. The number of benzene rings is 1. The number of hydrogen-bond acceptors (Lipinski definition) is 5. The number of rotatable bonds is 4. The summed E-state index contributed by atoms with van der Waals surface area (Å²) in [6, 6.07) is 4.90. The molecule has 0 aliphatic heterocycles. The molecular formula is C15H12ClFN4S. The number of hydrogen-bond donors (Lipinski definition) is 1. The second-order valence-electron chi connectivity index (χ2n) is 4.56. The number of aryl methyl sites for hydroxylation is 1. The topological polar surface area (TPSA) is 50.7 Å². The van der Waals surface area contributed by atoms with E-state index in [-0.39, 0.29) is 11.1 Å². The standard InChI is InChI=1S/C15H12ClFN4S/c1-2-9-6-18-15(16)21-14(9)20-10-3-4-11(12(17)5-10)13-7-22-8-19-13/h3-8H,2H2,1H3,(H,18,20,21). The van der Waals surface area contributed by atoms with Gasteiger partial charge in [-0.05, 0) is 36.2 Å². The molecule has 0 atom stereocenters. The van der Waals surface area contributed by atoms with Gasteiger partial charge in [0.25, 0.3) is 0 Å². The van der Waals surface area contributed by atoms with Crippen LogP contribution < -0.4 is 5.32 Å². The normalized spacial score (nSPS) is 10.7. The Hall–Kier alpha value is -2.05. The van der Waals surface area contributed by atoms with Crippen LogP contribution in [0.5, 0.6) is 0 Å². The highest BCUT2D eigenvalue weighted by Crippen LogP contribution is 2.27. The third kappa shape index (κ3) is 3.08. The Balaban J connectivity index is 1.91. The SMILES string of the molecule is CCc1cnc(Cl)nc1Nc1ccc(-c2cscn2)c(F)c1. The van der Waals surface area contributed by atoms with Crippen molar-refractivity contribution in [2.24, 2.45) is 0 Å². The average Bonchev–Trinajstić information content (AvgIpc) is 3.02. The fourth-order valence-corrected chi connectivity index (χ4v) is 2.72. The monoisotopic (exact) mass is 334 g/mol. The van der Waals surface area contributed by atoms with E-state index < -0.39 is 0 Å². The second kappa shape index (κ2) is 6.37. The average molecular weight is 335 g/mol. The van der Waals surface area contributed by atoms with Crippen LogP contribution in [0.4, 0.5) is 15.9 Å². The van der Waals surface area contributed by atoms with Crippen LogP contribution in [0.25, 0.3) is 11.3 Å². The molecule has 2 aromatic heterocycles. The van der Waals surface area contributed by atoms with Gasteiger partial charge < -0.3 is 5.32 Å². The van der Waals surface area contributed by atoms with E-state index in [0.29, 0.717) is 22.8 Å². The first kappa shape index (κ1) is 14.9. The molecule has 2 heterocycles. The van der Waals surface area contributed by atoms with Crippen LogP contribution in [0.3, 0.4) is 0 Å². The van der Waals surface area contributed by atoms with Gasteiger partial charge >= 0.3 is 0 Å². The Labute approximate surface area is 136 Å². The van der Waals surface area contributed by atoms with Gasteiger partial charge in [-0.25, -0.2) is 19.3 Å². The fourth-order valence-electron chi connectivity index (χ4n) is 2.04. The van der Waals surface area contributed by atoms with Crippen molar-refractivity contribution in [2.75, 3.05) is 5.32 Å². The highest BCUT2D eigenvalue weighted by molar-refractivity contribution is 7.07. The van der Waals surface area contributed by atoms with Crippen LogP contribution in [-0.2, 0) is 6.42 Å². The predicted octanol–water partition coefficient (Wildman–Crippen LogP) is 4.70. The summed E-state index contributed by atoms with van der Waals surface area (Å²) in [6.07, 6.45) is 2.41. The molecule has 7 heteroatoms. The Morgan fingerprint density at radius 1 is 1.32 bits per heavy atom. The van der Waals surface area contributed by atoms with Gasteiger partial charge in [0.1, 0.15) is 11.6 Å². The maximum Gasteiger partial charge on any atom is 0.224 e. The summed E-state index contributed by atoms with van der Waals surface area (Å²) in [7, 11) is 0. The highest BCUT2D eigenvalue weighted by Gasteiger charge is 2.10. The summed E-state index contributed by atoms with van der Waals surface area (Å²) in [4.78, 5) is 12.2. The summed E-state index contributed by atoms with van der Waals surface area (Å²) in [6.45, 7) is 1.99. The molecule has 3 rings (SSSR count). The van der Waals surface area contributed by atoms with Crippen LogP contribution in [0.2, 0.25) is 5.28 Å². The molecule has 0 bridgehead atoms. The number of anilines is 2. The summed E-state index contributed by atoms with van der Waals surface area (Å²) in [5.41, 5.74) is 4.29. The Morgan fingerprint density at radius 2 is 2.18 bits per heavy atom. The molecule has 1 N–H and O–H groups in total. The minimum Gasteiger partial charge on any atom is -0.340 e. The molecule has 0 saturated heterocycles. The van der Waals surface area contributed by atoms with Gasteiger partial charge in [-0.2, -0.15) is 0 Å². The highest BCUT2D eigenvalue weighted by atomic mass is 35.5. The van der Waals surface area contributed by atoms with Gasteiger partial charge in [0.2, 0.25) is 5.28 Å². The third-order valence-corrected chi connectivity index (χ3v) is 3.92. The van der Waals surface area contributed by atoms with Crippen LogP contribution in [0.1, 0.15) is 12.5 Å². The quantitative estimate of drug-likeness (QED) is 0.703. The lowest BCUT2D eigenvalue weighted by molar-refractivity contribution is 0.631. The van der Waals surface area contributed by atoms with Crippen molar-refractivity contribution in [3.05, 3.63) is 52.0 Å². The van der Waals surface area contributed by atoms with E-state index in [1.165, 1.54) is 17.4 Å². The third-order valence-electron chi connectivity index (χ3n) is 3.16. The van der Waals surface area contributed by atoms with Crippen molar-refractivity contribution in [1.82, 2.24) is 15.0 Å². The van der Waals surface area contributed by atoms with Crippen LogP contribution in [-0.4, -0.2) is 15.0 Å². The lowest BCUT2D eigenvalue weighted by atomic mass is 10.1. The lowest BCUT2D eigenvalue weighted by Gasteiger charge is -2.10. The van der Waals surface area contributed by atoms with Crippen molar-refractivity contribution >= 4 is 34.4 Å². The summed E-state index contributed by atoms with van der Waals surface area (Å²) in [5.74, 6) is 0.248. The molecule has 4 nitrogen and oxygen atoms in total. The molecule has 0 aliphatic rings. The Morgan fingerprint density at radius 3 is 2.86 bits per heavy atom. The van der Waals surface area contributed by atoms with Crippen molar-refractivity contribution in [1.29, 1.82) is 0 Å². The molecule has 3 aromatic rings. The molecule has 0 fully saturated rings. The van der Waals surface area contributed by atoms with Crippen LogP contribution >= 0.6 is 22.9 Å². The minimum absolute atomic E-state index is 0.152. The van der Waals surface area contributed by atoms with E-state index in [4.69, 9.17) is 11.6 Å². The van der Waals surface area contributed by atoms with E-state index in [2.05, 4.69) is 20.3 Å². The summed E-state index contributed by atoms with van der Waals surface area (Å²) >= 11 is 7.25. The Kier molecular flexibility index (Phi) is 4.31. The fraction of sp³-hybridized carbons (Fsp3) is 0.133. The molecule has 0 saturated carbocycles. The van der Waals surface area contributed by atoms with E-state index in [1.54, 1.807) is 23.8 Å². The van der Waals surface area contributed by atoms with Gasteiger partial charge in [-0.15, -0.1) is 11.3 Å². The largest absolute Gasteiger partial charge is 0.340 e. The van der Waals surface area contributed by atoms with E-state index in [1.807, 2.05) is 12.3 Å². The molecule has 22 heavy (non-hydrogen) atoms. The van der Waals surface area contributed by atoms with Gasteiger partial charge in [-0.3, -0.25) is 0 Å². The van der Waals surface area contributed by atoms with Crippen molar-refractivity contribution < 1.29 is 4.39 Å². The zero-order valence-corrected chi connectivity index (χ0v) is 13.2. The van der Waals surface area contributed by atoms with Gasteiger partial charge in [-0.1, -0.05) is 6.92 Å². The van der Waals surface area contributed by atoms with Gasteiger partial charge in [0, 0.05) is 28.4 Å². The van der Waals surface area contributed by atoms with E-state index in [0.717, 1.165) is 12.0 Å². The summed E-state index contributed by atoms with van der Waals surface area (Å²) in [5, 5.41) is 5.05. The number of aromatic nitrogens is 3. The van der Waals surface area contributed by atoms with Crippen LogP contribution in [0.15, 0.2) is 35.3 Å².